The van der Waals surface area contributed by atoms with Crippen molar-refractivity contribution in [3.63, 3.8) is 0 Å². The number of rotatable bonds is 2. The topological polar surface area (TPSA) is 58.0 Å². The van der Waals surface area contributed by atoms with Gasteiger partial charge in [0.25, 0.3) is 0 Å². The van der Waals surface area contributed by atoms with E-state index in [0.29, 0.717) is 5.02 Å². The second-order valence-corrected chi connectivity index (χ2v) is 5.88. The van der Waals surface area contributed by atoms with E-state index < -0.39 is 0 Å². The molecule has 1 saturated heterocycles. The van der Waals surface area contributed by atoms with Gasteiger partial charge in [-0.1, -0.05) is 11.6 Å². The quantitative estimate of drug-likeness (QED) is 0.720. The fraction of sp³-hybridized carbons (Fsp3) is 0.250. The van der Waals surface area contributed by atoms with Gasteiger partial charge in [-0.25, -0.2) is 19.9 Å². The van der Waals surface area contributed by atoms with Crippen molar-refractivity contribution in [1.29, 1.82) is 0 Å². The maximum atomic E-state index is 5.84. The fourth-order valence-corrected chi connectivity index (χ4v) is 2.90. The molecular weight excluding hydrogens is 312 g/mol. The summed E-state index contributed by atoms with van der Waals surface area (Å²) in [7, 11) is 0. The number of fused-ring (bicyclic) bond motifs is 1. The van der Waals surface area contributed by atoms with Crippen LogP contribution in [0.15, 0.2) is 43.1 Å². The molecule has 116 valence electrons. The molecule has 3 heterocycles. The first-order chi connectivity index (χ1) is 11.3. The van der Waals surface area contributed by atoms with Crippen molar-refractivity contribution in [2.24, 2.45) is 0 Å². The lowest BCUT2D eigenvalue weighted by Crippen LogP contribution is -2.47. The first-order valence-corrected chi connectivity index (χ1v) is 7.84. The van der Waals surface area contributed by atoms with Gasteiger partial charge in [0.05, 0.1) is 22.9 Å². The number of nitrogens with zero attached hydrogens (tertiary/aromatic N) is 6. The van der Waals surface area contributed by atoms with Gasteiger partial charge in [-0.15, -0.1) is 0 Å². The number of hydrogen-bond donors (Lipinski definition) is 0. The average Bonchev–Trinajstić information content (AvgIpc) is 2.62. The molecule has 6 nitrogen and oxygen atoms in total. The zero-order valence-electron chi connectivity index (χ0n) is 12.4. The van der Waals surface area contributed by atoms with Crippen molar-refractivity contribution in [2.75, 3.05) is 36.0 Å². The van der Waals surface area contributed by atoms with E-state index in [4.69, 9.17) is 11.6 Å². The summed E-state index contributed by atoms with van der Waals surface area (Å²) in [5.74, 6) is 0.737. The van der Waals surface area contributed by atoms with Gasteiger partial charge in [0, 0.05) is 43.4 Å². The van der Waals surface area contributed by atoms with Crippen LogP contribution >= 0.6 is 11.6 Å². The van der Waals surface area contributed by atoms with Crippen LogP contribution in [0.2, 0.25) is 5.02 Å². The van der Waals surface area contributed by atoms with Crippen LogP contribution in [0.4, 0.5) is 11.6 Å². The van der Waals surface area contributed by atoms with Crippen LogP contribution < -0.4 is 9.80 Å². The first kappa shape index (κ1) is 14.1. The second-order valence-electron chi connectivity index (χ2n) is 5.44. The Hall–Kier alpha value is -2.47. The van der Waals surface area contributed by atoms with Crippen LogP contribution in [0.5, 0.6) is 0 Å². The van der Waals surface area contributed by atoms with Crippen LogP contribution in [0.25, 0.3) is 10.9 Å². The zero-order chi connectivity index (χ0) is 15.6. The van der Waals surface area contributed by atoms with Crippen molar-refractivity contribution in [3.8, 4) is 0 Å². The fourth-order valence-electron chi connectivity index (χ4n) is 2.80. The molecule has 3 aromatic rings. The number of aromatic nitrogens is 4. The maximum absolute atomic E-state index is 5.84. The van der Waals surface area contributed by atoms with E-state index in [2.05, 4.69) is 41.9 Å². The molecule has 0 amide bonds. The van der Waals surface area contributed by atoms with Crippen LogP contribution in [0.3, 0.4) is 0 Å². The van der Waals surface area contributed by atoms with Crippen molar-refractivity contribution >= 4 is 34.1 Å². The van der Waals surface area contributed by atoms with E-state index in [9.17, 15) is 0 Å². The summed E-state index contributed by atoms with van der Waals surface area (Å²) in [5, 5.41) is 1.62. The molecule has 0 spiro atoms. The summed E-state index contributed by atoms with van der Waals surface area (Å²) in [6.45, 7) is 3.60. The minimum Gasteiger partial charge on any atom is -0.368 e. The number of hydrogen-bond acceptors (Lipinski definition) is 6. The van der Waals surface area contributed by atoms with Crippen LogP contribution in [0, 0.1) is 0 Å². The van der Waals surface area contributed by atoms with Gasteiger partial charge < -0.3 is 9.80 Å². The van der Waals surface area contributed by atoms with Gasteiger partial charge in [0.2, 0.25) is 5.95 Å². The molecule has 1 aromatic carbocycles. The number of benzene rings is 1. The Bertz CT molecular complexity index is 814. The van der Waals surface area contributed by atoms with Crippen LogP contribution in [-0.2, 0) is 0 Å². The van der Waals surface area contributed by atoms with Gasteiger partial charge in [-0.2, -0.15) is 0 Å². The van der Waals surface area contributed by atoms with E-state index in [1.807, 2.05) is 12.3 Å². The predicted octanol–water partition coefficient (Wildman–Crippen LogP) is 2.40. The van der Waals surface area contributed by atoms with E-state index >= 15 is 0 Å². The molecule has 1 aliphatic rings. The summed E-state index contributed by atoms with van der Waals surface area (Å²) in [6, 6.07) is 6.30. The Labute approximate surface area is 138 Å². The average molecular weight is 327 g/mol. The zero-order valence-corrected chi connectivity index (χ0v) is 13.2. The Balaban J connectivity index is 1.49. The minimum atomic E-state index is 0.561. The highest BCUT2D eigenvalue weighted by Crippen LogP contribution is 2.22. The molecule has 0 bridgehead atoms. The van der Waals surface area contributed by atoms with Crippen molar-refractivity contribution in [2.45, 2.75) is 0 Å². The van der Waals surface area contributed by atoms with E-state index in [0.717, 1.165) is 43.0 Å². The van der Waals surface area contributed by atoms with Crippen LogP contribution in [0.1, 0.15) is 0 Å². The normalized spacial score (nSPS) is 15.2. The third kappa shape index (κ3) is 2.90. The highest BCUT2D eigenvalue weighted by atomic mass is 35.5. The first-order valence-electron chi connectivity index (χ1n) is 7.47. The molecule has 0 aliphatic carbocycles. The van der Waals surface area contributed by atoms with Crippen LogP contribution in [-0.4, -0.2) is 46.1 Å². The molecule has 2 aromatic heterocycles. The molecule has 1 aliphatic heterocycles. The second kappa shape index (κ2) is 5.96. The lowest BCUT2D eigenvalue weighted by Gasteiger charge is -2.36. The molecule has 23 heavy (non-hydrogen) atoms. The third-order valence-electron chi connectivity index (χ3n) is 4.02. The van der Waals surface area contributed by atoms with E-state index in [-0.39, 0.29) is 0 Å². The highest BCUT2D eigenvalue weighted by Gasteiger charge is 2.19. The molecule has 0 unspecified atom stereocenters. The van der Waals surface area contributed by atoms with E-state index in [1.54, 1.807) is 18.7 Å². The van der Waals surface area contributed by atoms with Crippen molar-refractivity contribution in [3.05, 3.63) is 48.1 Å². The molecule has 0 N–H and O–H groups in total. The maximum Gasteiger partial charge on any atom is 0.225 e. The Morgan fingerprint density at radius 2 is 1.61 bits per heavy atom. The number of halogens is 1. The van der Waals surface area contributed by atoms with E-state index in [1.165, 1.54) is 5.69 Å². The van der Waals surface area contributed by atoms with Gasteiger partial charge >= 0.3 is 0 Å². The lowest BCUT2D eigenvalue weighted by molar-refractivity contribution is 0.640. The molecule has 4 rings (SSSR count). The molecule has 0 saturated carbocycles. The van der Waals surface area contributed by atoms with Gasteiger partial charge in [0.1, 0.15) is 6.33 Å². The molecule has 7 heteroatoms. The largest absolute Gasteiger partial charge is 0.368 e. The third-order valence-corrected chi connectivity index (χ3v) is 4.22. The molecular formula is C16H15ClN6. The monoisotopic (exact) mass is 326 g/mol. The lowest BCUT2D eigenvalue weighted by atomic mass is 10.2. The highest BCUT2D eigenvalue weighted by molar-refractivity contribution is 6.30. The van der Waals surface area contributed by atoms with Gasteiger partial charge in [-0.05, 0) is 18.2 Å². The predicted molar refractivity (Wildman–Crippen MR) is 91.0 cm³/mol. The number of anilines is 2. The standard InChI is InChI=1S/C16H15ClN6/c17-13-9-19-16(20-10-13)23-5-3-22(4-6-23)14-1-2-15-12(7-14)8-18-11-21-15/h1-2,7-11H,3-6H2. The molecule has 0 atom stereocenters. The molecule has 1 fully saturated rings. The summed E-state index contributed by atoms with van der Waals surface area (Å²) in [5.41, 5.74) is 2.17. The van der Waals surface area contributed by atoms with Gasteiger partial charge in [-0.3, -0.25) is 0 Å². The summed E-state index contributed by atoms with van der Waals surface area (Å²) >= 11 is 5.84. The number of piperazine rings is 1. The summed E-state index contributed by atoms with van der Waals surface area (Å²) in [4.78, 5) is 21.5. The van der Waals surface area contributed by atoms with Crippen molar-refractivity contribution in [1.82, 2.24) is 19.9 Å². The molecule has 0 radical (unpaired) electrons. The minimum absolute atomic E-state index is 0.561. The Kier molecular flexibility index (Phi) is 3.67. The summed E-state index contributed by atoms with van der Waals surface area (Å²) < 4.78 is 0. The summed E-state index contributed by atoms with van der Waals surface area (Å²) in [6.07, 6.45) is 6.70. The SMILES string of the molecule is Clc1cnc(N2CCN(c3ccc4ncncc4c3)CC2)nc1. The van der Waals surface area contributed by atoms with Crippen molar-refractivity contribution < 1.29 is 0 Å². The van der Waals surface area contributed by atoms with Gasteiger partial charge in [0.15, 0.2) is 0 Å². The smallest absolute Gasteiger partial charge is 0.225 e. The Morgan fingerprint density at radius 3 is 2.39 bits per heavy atom. The Morgan fingerprint density at radius 1 is 0.870 bits per heavy atom.